The highest BCUT2D eigenvalue weighted by Crippen LogP contribution is 2.42. The Morgan fingerprint density at radius 3 is 2.04 bits per heavy atom. The molecule has 0 unspecified atom stereocenters. The molecule has 1 N–H and O–H groups in total. The second-order valence-corrected chi connectivity index (χ2v) is 14.2. The van der Waals surface area contributed by atoms with Crippen molar-refractivity contribution in [3.8, 4) is 39.4 Å². The zero-order chi connectivity index (χ0) is 36.1. The highest BCUT2D eigenvalue weighted by molar-refractivity contribution is 6.21. The minimum atomic E-state index is -0.133. The SMILES string of the molecule is CCCCCCNc1ccc(-c2ccc3c(=O)n4c(nc5cc(-c6c(C)cccc6C)cc(-c6c(C)cccc6C)c54)c4ccc(C#N)c2c34)cc1. The Morgan fingerprint density at radius 1 is 0.692 bits per heavy atom. The maximum Gasteiger partial charge on any atom is 0.264 e. The number of aryl methyl sites for hydroxylation is 4. The summed E-state index contributed by atoms with van der Waals surface area (Å²) in [6, 6.07) is 35.7. The van der Waals surface area contributed by atoms with Gasteiger partial charge in [-0.05, 0) is 127 Å². The molecule has 5 heteroatoms. The van der Waals surface area contributed by atoms with Gasteiger partial charge in [0, 0.05) is 39.3 Å². The van der Waals surface area contributed by atoms with E-state index < -0.39 is 0 Å². The lowest BCUT2D eigenvalue weighted by molar-refractivity contribution is 0.685. The predicted octanol–water partition coefficient (Wildman–Crippen LogP) is 11.7. The lowest BCUT2D eigenvalue weighted by Gasteiger charge is -2.16. The number of benzene rings is 6. The number of pyridine rings is 1. The van der Waals surface area contributed by atoms with Crippen molar-refractivity contribution in [2.75, 3.05) is 11.9 Å². The van der Waals surface area contributed by atoms with Crippen LogP contribution in [0.15, 0.2) is 102 Å². The van der Waals surface area contributed by atoms with E-state index in [0.29, 0.717) is 16.6 Å². The Balaban J connectivity index is 1.40. The Hall–Kier alpha value is -5.99. The summed E-state index contributed by atoms with van der Waals surface area (Å²) < 4.78 is 1.81. The van der Waals surface area contributed by atoms with Gasteiger partial charge in [0.05, 0.1) is 22.7 Å². The number of hydrogen-bond acceptors (Lipinski definition) is 4. The van der Waals surface area contributed by atoms with E-state index in [1.807, 2.05) is 28.7 Å². The molecule has 0 aliphatic rings. The van der Waals surface area contributed by atoms with Crippen LogP contribution in [-0.4, -0.2) is 15.9 Å². The summed E-state index contributed by atoms with van der Waals surface area (Å²) in [6.07, 6.45) is 4.85. The van der Waals surface area contributed by atoms with Gasteiger partial charge < -0.3 is 5.32 Å². The first kappa shape index (κ1) is 33.2. The zero-order valence-corrected chi connectivity index (χ0v) is 30.5. The average Bonchev–Trinajstić information content (AvgIpc) is 3.54. The standard InChI is InChI=1S/C47H42N4O/c1-6-7-8-9-24-49-35-19-16-32(17-20-35)36-22-23-38-44-37(21-18-33(27-48)43(36)44)46-50-40-26-34(41-28(2)12-10-13-29(41)3)25-39(45(40)51(46)47(38)52)42-30(4)14-11-15-31(42)5/h10-23,25-26,49H,6-9,24H2,1-5H3. The van der Waals surface area contributed by atoms with Gasteiger partial charge in [-0.3, -0.25) is 9.20 Å². The van der Waals surface area contributed by atoms with Gasteiger partial charge in [0.2, 0.25) is 0 Å². The van der Waals surface area contributed by atoms with Gasteiger partial charge in [-0.25, -0.2) is 4.98 Å². The molecule has 8 aromatic rings. The topological polar surface area (TPSA) is 70.2 Å². The molecule has 0 aliphatic heterocycles. The summed E-state index contributed by atoms with van der Waals surface area (Å²) >= 11 is 0. The van der Waals surface area contributed by atoms with Gasteiger partial charge in [0.15, 0.2) is 0 Å². The molecular weight excluding hydrogens is 637 g/mol. The number of anilines is 1. The minimum absolute atomic E-state index is 0.133. The fourth-order valence-electron chi connectivity index (χ4n) is 8.30. The number of nitriles is 1. The molecule has 0 atom stereocenters. The van der Waals surface area contributed by atoms with Gasteiger partial charge in [-0.2, -0.15) is 5.26 Å². The maximum atomic E-state index is 14.9. The number of rotatable bonds is 9. The van der Waals surface area contributed by atoms with E-state index in [0.717, 1.165) is 84.8 Å². The van der Waals surface area contributed by atoms with E-state index in [4.69, 9.17) is 4.98 Å². The van der Waals surface area contributed by atoms with Crippen LogP contribution in [0.1, 0.15) is 60.4 Å². The number of imidazole rings is 1. The molecule has 0 fully saturated rings. The third-order valence-electron chi connectivity index (χ3n) is 10.8. The van der Waals surface area contributed by atoms with Crippen molar-refractivity contribution >= 4 is 43.9 Å². The van der Waals surface area contributed by atoms with Crippen molar-refractivity contribution in [1.29, 1.82) is 5.26 Å². The number of aromatic nitrogens is 2. The summed E-state index contributed by atoms with van der Waals surface area (Å²) in [5.74, 6) is 0. The molecule has 5 nitrogen and oxygen atoms in total. The van der Waals surface area contributed by atoms with Gasteiger partial charge in [0.25, 0.3) is 5.56 Å². The van der Waals surface area contributed by atoms with Gasteiger partial charge in [0.1, 0.15) is 5.65 Å². The Morgan fingerprint density at radius 2 is 1.37 bits per heavy atom. The lowest BCUT2D eigenvalue weighted by atomic mass is 9.89. The second kappa shape index (κ2) is 13.3. The summed E-state index contributed by atoms with van der Waals surface area (Å²) in [5.41, 5.74) is 14.6. The smallest absolute Gasteiger partial charge is 0.264 e. The van der Waals surface area contributed by atoms with Crippen LogP contribution in [-0.2, 0) is 0 Å². The van der Waals surface area contributed by atoms with Crippen molar-refractivity contribution in [2.24, 2.45) is 0 Å². The Kier molecular flexibility index (Phi) is 8.47. The van der Waals surface area contributed by atoms with Crippen molar-refractivity contribution in [1.82, 2.24) is 9.38 Å². The third kappa shape index (κ3) is 5.38. The van der Waals surface area contributed by atoms with Gasteiger partial charge >= 0.3 is 0 Å². The molecular formula is C47H42N4O. The van der Waals surface area contributed by atoms with Gasteiger partial charge in [-0.15, -0.1) is 0 Å². The second-order valence-electron chi connectivity index (χ2n) is 14.2. The van der Waals surface area contributed by atoms with Crippen LogP contribution >= 0.6 is 0 Å². The van der Waals surface area contributed by atoms with Crippen LogP contribution in [0.2, 0.25) is 0 Å². The number of hydrogen-bond donors (Lipinski definition) is 1. The quantitative estimate of drug-likeness (QED) is 0.154. The van der Waals surface area contributed by atoms with Crippen LogP contribution in [0.3, 0.4) is 0 Å². The first-order valence-electron chi connectivity index (χ1n) is 18.4. The Labute approximate surface area is 304 Å². The van der Waals surface area contributed by atoms with Crippen LogP contribution in [0.5, 0.6) is 0 Å². The zero-order valence-electron chi connectivity index (χ0n) is 30.5. The maximum absolute atomic E-state index is 14.9. The van der Waals surface area contributed by atoms with E-state index in [-0.39, 0.29) is 5.56 Å². The predicted molar refractivity (Wildman–Crippen MR) is 218 cm³/mol. The molecule has 256 valence electrons. The third-order valence-corrected chi connectivity index (χ3v) is 10.8. The fourth-order valence-corrected chi connectivity index (χ4v) is 8.30. The molecule has 6 aromatic carbocycles. The number of nitrogens with zero attached hydrogens (tertiary/aromatic N) is 3. The van der Waals surface area contributed by atoms with E-state index in [1.165, 1.54) is 36.0 Å². The fraction of sp³-hybridized carbons (Fsp3) is 0.213. The first-order chi connectivity index (χ1) is 25.3. The van der Waals surface area contributed by atoms with E-state index >= 15 is 0 Å². The van der Waals surface area contributed by atoms with E-state index in [2.05, 4.69) is 119 Å². The molecule has 0 saturated carbocycles. The molecule has 2 aromatic heterocycles. The van der Waals surface area contributed by atoms with Crippen LogP contribution in [0.25, 0.3) is 71.6 Å². The van der Waals surface area contributed by atoms with Crippen molar-refractivity contribution in [2.45, 2.75) is 60.3 Å². The van der Waals surface area contributed by atoms with Crippen LogP contribution in [0.4, 0.5) is 5.69 Å². The minimum Gasteiger partial charge on any atom is -0.385 e. The molecule has 52 heavy (non-hydrogen) atoms. The molecule has 0 bridgehead atoms. The van der Waals surface area contributed by atoms with Crippen molar-refractivity contribution in [3.05, 3.63) is 135 Å². The van der Waals surface area contributed by atoms with E-state index in [1.54, 1.807) is 0 Å². The normalized spacial score (nSPS) is 11.6. The van der Waals surface area contributed by atoms with Crippen LogP contribution in [0, 0.1) is 39.0 Å². The lowest BCUT2D eigenvalue weighted by Crippen LogP contribution is -2.14. The molecule has 0 radical (unpaired) electrons. The Bertz CT molecular complexity index is 2730. The molecule has 0 spiro atoms. The number of nitrogens with one attached hydrogen (secondary N) is 1. The summed E-state index contributed by atoms with van der Waals surface area (Å²) in [6.45, 7) is 11.7. The highest BCUT2D eigenvalue weighted by Gasteiger charge is 2.24. The molecule has 0 aliphatic carbocycles. The summed E-state index contributed by atoms with van der Waals surface area (Å²) in [5, 5.41) is 16.9. The van der Waals surface area contributed by atoms with Crippen molar-refractivity contribution < 1.29 is 0 Å². The van der Waals surface area contributed by atoms with Crippen LogP contribution < -0.4 is 10.9 Å². The summed E-state index contributed by atoms with van der Waals surface area (Å²) in [7, 11) is 0. The molecule has 2 heterocycles. The number of fused-ring (bicyclic) bond motifs is 4. The molecule has 8 rings (SSSR count). The van der Waals surface area contributed by atoms with Crippen molar-refractivity contribution in [3.63, 3.8) is 0 Å². The van der Waals surface area contributed by atoms with E-state index in [9.17, 15) is 10.1 Å². The van der Waals surface area contributed by atoms with Gasteiger partial charge in [-0.1, -0.05) is 80.8 Å². The molecule has 0 saturated heterocycles. The molecule has 0 amide bonds. The summed E-state index contributed by atoms with van der Waals surface area (Å²) in [4.78, 5) is 20.2. The first-order valence-corrected chi connectivity index (χ1v) is 18.4. The number of unbranched alkanes of at least 4 members (excludes halogenated alkanes) is 3. The monoisotopic (exact) mass is 678 g/mol. The highest BCUT2D eigenvalue weighted by atomic mass is 16.1. The largest absolute Gasteiger partial charge is 0.385 e. The average molecular weight is 679 g/mol.